The number of nitrogens with one attached hydrogen (secondary N) is 1. The second-order valence-corrected chi connectivity index (χ2v) is 4.56. The first-order valence-corrected chi connectivity index (χ1v) is 5.97. The highest BCUT2D eigenvalue weighted by atomic mass is 35.5. The van der Waals surface area contributed by atoms with Crippen LogP contribution in [-0.2, 0) is 4.74 Å². The summed E-state index contributed by atoms with van der Waals surface area (Å²) in [5, 5.41) is 2.19. The minimum Gasteiger partial charge on any atom is -0.380 e. The molecule has 1 saturated heterocycles. The van der Waals surface area contributed by atoms with E-state index in [2.05, 4.69) is 10.4 Å². The van der Waals surface area contributed by atoms with Crippen LogP contribution in [0.2, 0.25) is 0 Å². The van der Waals surface area contributed by atoms with Gasteiger partial charge in [0.1, 0.15) is 0 Å². The van der Waals surface area contributed by atoms with Crippen molar-refractivity contribution in [1.82, 2.24) is 5.01 Å². The molecule has 0 saturated carbocycles. The number of methoxy groups -OCH3 is 1. The van der Waals surface area contributed by atoms with Crippen molar-refractivity contribution < 1.29 is 4.74 Å². The van der Waals surface area contributed by atoms with Gasteiger partial charge in [0.25, 0.3) is 0 Å². The second-order valence-electron chi connectivity index (χ2n) is 4.00. The van der Waals surface area contributed by atoms with Crippen LogP contribution in [0.15, 0.2) is 30.3 Å². The molecule has 1 aromatic rings. The minimum absolute atomic E-state index is 0.0509. The lowest BCUT2D eigenvalue weighted by Gasteiger charge is -2.35. The Labute approximate surface area is 101 Å². The number of rotatable bonds is 3. The molecule has 1 aromatic carbocycles. The molecule has 16 heavy (non-hydrogen) atoms. The lowest BCUT2D eigenvalue weighted by atomic mass is 10.1. The van der Waals surface area contributed by atoms with E-state index in [9.17, 15) is 0 Å². The summed E-state index contributed by atoms with van der Waals surface area (Å²) in [6, 6.07) is 10.1. The van der Waals surface area contributed by atoms with Gasteiger partial charge in [-0.25, -0.2) is 5.01 Å². The van der Waals surface area contributed by atoms with Gasteiger partial charge in [-0.1, -0.05) is 18.2 Å². The monoisotopic (exact) mass is 240 g/mol. The lowest BCUT2D eigenvalue weighted by Crippen LogP contribution is -2.47. The minimum atomic E-state index is 0.0509. The molecule has 0 aromatic heterocycles. The van der Waals surface area contributed by atoms with Crippen LogP contribution < -0.4 is 5.43 Å². The molecule has 0 spiro atoms. The molecule has 2 atom stereocenters. The highest BCUT2D eigenvalue weighted by Crippen LogP contribution is 2.19. The van der Waals surface area contributed by atoms with E-state index in [0.717, 1.165) is 25.2 Å². The number of benzene rings is 1. The van der Waals surface area contributed by atoms with Crippen LogP contribution in [0.3, 0.4) is 0 Å². The summed E-state index contributed by atoms with van der Waals surface area (Å²) in [6.07, 6.45) is 1.14. The number of hydrogen-bond donors (Lipinski definition) is 1. The molecule has 0 amide bonds. The van der Waals surface area contributed by atoms with Gasteiger partial charge in [0.2, 0.25) is 0 Å². The summed E-state index contributed by atoms with van der Waals surface area (Å²) < 4.78 is 5.32. The molecule has 88 valence electrons. The zero-order chi connectivity index (χ0) is 11.4. The second kappa shape index (κ2) is 5.53. The molecular formula is C12H17ClN2O. The SMILES string of the molecule is COC1CCN(Nc2ccccc2)CC1Cl. The van der Waals surface area contributed by atoms with Crippen LogP contribution >= 0.6 is 11.6 Å². The zero-order valence-electron chi connectivity index (χ0n) is 9.40. The standard InChI is InChI=1S/C12H17ClN2O/c1-16-12-7-8-15(9-11(12)13)14-10-5-3-2-4-6-10/h2-6,11-12,14H,7-9H2,1H3. The Bertz CT molecular complexity index is 320. The van der Waals surface area contributed by atoms with E-state index in [0.29, 0.717) is 0 Å². The maximum Gasteiger partial charge on any atom is 0.0760 e. The highest BCUT2D eigenvalue weighted by Gasteiger charge is 2.27. The van der Waals surface area contributed by atoms with Crippen LogP contribution in [0.4, 0.5) is 5.69 Å². The fraction of sp³-hybridized carbons (Fsp3) is 0.500. The van der Waals surface area contributed by atoms with Crippen LogP contribution in [0, 0.1) is 0 Å². The molecule has 1 fully saturated rings. The average Bonchev–Trinajstić information content (AvgIpc) is 2.31. The topological polar surface area (TPSA) is 24.5 Å². The van der Waals surface area contributed by atoms with Crippen molar-refractivity contribution in [1.29, 1.82) is 0 Å². The van der Waals surface area contributed by atoms with Gasteiger partial charge in [-0.2, -0.15) is 0 Å². The third-order valence-corrected chi connectivity index (χ3v) is 3.26. The van der Waals surface area contributed by atoms with E-state index in [1.807, 2.05) is 30.3 Å². The summed E-state index contributed by atoms with van der Waals surface area (Å²) in [4.78, 5) is 0. The molecule has 0 radical (unpaired) electrons. The molecule has 1 heterocycles. The number of hydrazine groups is 1. The van der Waals surface area contributed by atoms with Gasteiger partial charge in [-0.3, -0.25) is 0 Å². The van der Waals surface area contributed by atoms with Crippen molar-refractivity contribution in [2.24, 2.45) is 0 Å². The number of piperidine rings is 1. The van der Waals surface area contributed by atoms with Crippen LogP contribution in [0.5, 0.6) is 0 Å². The predicted octanol–water partition coefficient (Wildman–Crippen LogP) is 2.34. The molecule has 1 aliphatic rings. The maximum absolute atomic E-state index is 6.24. The fourth-order valence-corrected chi connectivity index (χ4v) is 2.34. The molecule has 1 aliphatic heterocycles. The molecular weight excluding hydrogens is 224 g/mol. The molecule has 4 heteroatoms. The fourth-order valence-electron chi connectivity index (χ4n) is 1.95. The van der Waals surface area contributed by atoms with Crippen molar-refractivity contribution in [3.05, 3.63) is 30.3 Å². The average molecular weight is 241 g/mol. The number of alkyl halides is 1. The predicted molar refractivity (Wildman–Crippen MR) is 66.7 cm³/mol. The maximum atomic E-state index is 6.24. The molecule has 0 bridgehead atoms. The van der Waals surface area contributed by atoms with E-state index in [1.54, 1.807) is 7.11 Å². The Morgan fingerprint density at radius 3 is 2.75 bits per heavy atom. The largest absolute Gasteiger partial charge is 0.380 e. The number of anilines is 1. The van der Waals surface area contributed by atoms with Gasteiger partial charge >= 0.3 is 0 Å². The van der Waals surface area contributed by atoms with Crippen molar-refractivity contribution >= 4 is 17.3 Å². The number of ether oxygens (including phenoxy) is 1. The first kappa shape index (κ1) is 11.7. The Hall–Kier alpha value is -0.770. The summed E-state index contributed by atoms with van der Waals surface area (Å²) in [6.45, 7) is 1.76. The van der Waals surface area contributed by atoms with Crippen LogP contribution in [0.25, 0.3) is 0 Å². The van der Waals surface area contributed by atoms with Crippen molar-refractivity contribution in [3.63, 3.8) is 0 Å². The van der Waals surface area contributed by atoms with E-state index in [-0.39, 0.29) is 11.5 Å². The first-order chi connectivity index (χ1) is 7.79. The smallest absolute Gasteiger partial charge is 0.0760 e. The van der Waals surface area contributed by atoms with E-state index >= 15 is 0 Å². The number of halogens is 1. The Morgan fingerprint density at radius 2 is 2.12 bits per heavy atom. The van der Waals surface area contributed by atoms with Crippen molar-refractivity contribution in [3.8, 4) is 0 Å². The van der Waals surface area contributed by atoms with E-state index in [4.69, 9.17) is 16.3 Å². The molecule has 2 rings (SSSR count). The third-order valence-electron chi connectivity index (χ3n) is 2.85. The quantitative estimate of drug-likeness (QED) is 0.821. The Balaban J connectivity index is 1.89. The van der Waals surface area contributed by atoms with Gasteiger partial charge in [0.05, 0.1) is 11.5 Å². The number of para-hydroxylation sites is 1. The number of hydrogen-bond acceptors (Lipinski definition) is 3. The van der Waals surface area contributed by atoms with Crippen molar-refractivity contribution in [2.45, 2.75) is 17.9 Å². The molecule has 2 unspecified atom stereocenters. The summed E-state index contributed by atoms with van der Waals surface area (Å²) >= 11 is 6.24. The molecule has 0 aliphatic carbocycles. The van der Waals surface area contributed by atoms with Crippen molar-refractivity contribution in [2.75, 3.05) is 25.6 Å². The van der Waals surface area contributed by atoms with Gasteiger partial charge in [-0.05, 0) is 18.6 Å². The zero-order valence-corrected chi connectivity index (χ0v) is 10.2. The summed E-state index contributed by atoms with van der Waals surface area (Å²) in [7, 11) is 1.72. The van der Waals surface area contributed by atoms with Crippen LogP contribution in [-0.4, -0.2) is 36.7 Å². The third kappa shape index (κ3) is 2.88. The van der Waals surface area contributed by atoms with E-state index in [1.165, 1.54) is 0 Å². The summed E-state index contributed by atoms with van der Waals surface area (Å²) in [5.74, 6) is 0. The van der Waals surface area contributed by atoms with E-state index < -0.39 is 0 Å². The first-order valence-electron chi connectivity index (χ1n) is 5.53. The number of nitrogens with zero attached hydrogens (tertiary/aromatic N) is 1. The van der Waals surface area contributed by atoms with Gasteiger partial charge < -0.3 is 10.2 Å². The summed E-state index contributed by atoms with van der Waals surface area (Å²) in [5.41, 5.74) is 4.45. The highest BCUT2D eigenvalue weighted by molar-refractivity contribution is 6.21. The van der Waals surface area contributed by atoms with Gasteiger partial charge in [0, 0.05) is 25.9 Å². The van der Waals surface area contributed by atoms with Gasteiger partial charge in [-0.15, -0.1) is 11.6 Å². The molecule has 3 nitrogen and oxygen atoms in total. The van der Waals surface area contributed by atoms with Crippen LogP contribution in [0.1, 0.15) is 6.42 Å². The Kier molecular flexibility index (Phi) is 4.04. The normalized spacial score (nSPS) is 26.6. The Morgan fingerprint density at radius 1 is 1.38 bits per heavy atom. The van der Waals surface area contributed by atoms with Gasteiger partial charge in [0.15, 0.2) is 0 Å². The lowest BCUT2D eigenvalue weighted by molar-refractivity contribution is 0.0517. The molecule has 1 N–H and O–H groups in total.